The van der Waals surface area contributed by atoms with Crippen molar-refractivity contribution in [1.29, 1.82) is 0 Å². The fourth-order valence-electron chi connectivity index (χ4n) is 1.93. The minimum Gasteiger partial charge on any atom is -0.481 e. The first-order chi connectivity index (χ1) is 11.2. The van der Waals surface area contributed by atoms with Gasteiger partial charge >= 0.3 is 18.0 Å². The zero-order valence-corrected chi connectivity index (χ0v) is 13.0. The van der Waals surface area contributed by atoms with Gasteiger partial charge in [0, 0.05) is 6.42 Å². The standard InChI is InChI=1S/C12H23N5O7/c13-6-2-1-3-8(11(21)22)17(15-12(14)23)10(20)7(16-24)4-5-9(18)19/h7-8,16,24H,1-6,13H2,(H,18,19)(H,21,22)(H3,14,15,23)/t7-,8-/m0/s1. The quantitative estimate of drug-likeness (QED) is 0.165. The Morgan fingerprint density at radius 1 is 1.08 bits per heavy atom. The van der Waals surface area contributed by atoms with Crippen LogP contribution >= 0.6 is 0 Å². The number of carbonyl (C=O) groups is 4. The predicted octanol–water partition coefficient (Wildman–Crippen LogP) is -1.81. The van der Waals surface area contributed by atoms with Gasteiger partial charge in [-0.05, 0) is 32.2 Å². The lowest BCUT2D eigenvalue weighted by Gasteiger charge is -2.31. The summed E-state index contributed by atoms with van der Waals surface area (Å²) in [5.74, 6) is -3.64. The molecule has 0 aromatic rings. The lowest BCUT2D eigenvalue weighted by atomic mass is 10.1. The number of rotatable bonds is 11. The maximum atomic E-state index is 12.4. The van der Waals surface area contributed by atoms with Gasteiger partial charge in [0.1, 0.15) is 6.04 Å². The normalized spacial score (nSPS) is 12.9. The first-order valence-corrected chi connectivity index (χ1v) is 7.18. The number of carboxylic acids is 2. The molecule has 138 valence electrons. The summed E-state index contributed by atoms with van der Waals surface area (Å²) in [7, 11) is 0. The molecule has 0 aliphatic carbocycles. The molecule has 0 rings (SSSR count). The van der Waals surface area contributed by atoms with Crippen molar-refractivity contribution in [2.45, 2.75) is 44.2 Å². The average molecular weight is 349 g/mol. The molecule has 0 aliphatic rings. The maximum Gasteiger partial charge on any atom is 0.331 e. The van der Waals surface area contributed by atoms with E-state index >= 15 is 0 Å². The molecule has 9 N–H and O–H groups in total. The summed E-state index contributed by atoms with van der Waals surface area (Å²) < 4.78 is 0. The van der Waals surface area contributed by atoms with E-state index in [1.165, 1.54) is 0 Å². The number of nitrogens with one attached hydrogen (secondary N) is 2. The Bertz CT molecular complexity index is 459. The van der Waals surface area contributed by atoms with Crippen LogP contribution in [0.3, 0.4) is 0 Å². The van der Waals surface area contributed by atoms with E-state index in [1.54, 1.807) is 5.48 Å². The molecule has 0 fully saturated rings. The summed E-state index contributed by atoms with van der Waals surface area (Å²) in [6, 6.07) is -4.05. The Hall–Kier alpha value is -2.44. The summed E-state index contributed by atoms with van der Waals surface area (Å²) in [5.41, 5.74) is 13.8. The minimum atomic E-state index is -1.45. The van der Waals surface area contributed by atoms with E-state index in [-0.39, 0.29) is 12.8 Å². The number of hydroxylamine groups is 1. The maximum absolute atomic E-state index is 12.4. The van der Waals surface area contributed by atoms with Gasteiger partial charge in [-0.3, -0.25) is 9.59 Å². The second-order valence-corrected chi connectivity index (χ2v) is 4.94. The topological polar surface area (TPSA) is 208 Å². The fourth-order valence-corrected chi connectivity index (χ4v) is 1.93. The number of amides is 3. The van der Waals surface area contributed by atoms with E-state index in [1.807, 2.05) is 5.43 Å². The number of hydrogen-bond acceptors (Lipinski definition) is 7. The highest BCUT2D eigenvalue weighted by atomic mass is 16.5. The van der Waals surface area contributed by atoms with Gasteiger partial charge in [0.15, 0.2) is 6.04 Å². The fraction of sp³-hybridized carbons (Fsp3) is 0.667. The number of hydrazine groups is 1. The zero-order valence-electron chi connectivity index (χ0n) is 13.0. The van der Waals surface area contributed by atoms with Gasteiger partial charge in [0.05, 0.1) is 0 Å². The highest BCUT2D eigenvalue weighted by Gasteiger charge is 2.34. The van der Waals surface area contributed by atoms with Crippen LogP contribution in [0.2, 0.25) is 0 Å². The zero-order chi connectivity index (χ0) is 18.7. The molecule has 2 atom stereocenters. The summed E-state index contributed by atoms with van der Waals surface area (Å²) in [6.07, 6.45) is 0.0682. The molecule has 0 bridgehead atoms. The predicted molar refractivity (Wildman–Crippen MR) is 79.5 cm³/mol. The number of carbonyl (C=O) groups excluding carboxylic acids is 2. The molecule has 0 saturated carbocycles. The second kappa shape index (κ2) is 11.2. The van der Waals surface area contributed by atoms with Crippen LogP contribution in [0.25, 0.3) is 0 Å². The highest BCUT2D eigenvalue weighted by molar-refractivity contribution is 5.89. The van der Waals surface area contributed by atoms with Crippen LogP contribution < -0.4 is 22.4 Å². The third-order valence-corrected chi connectivity index (χ3v) is 3.10. The van der Waals surface area contributed by atoms with Crippen molar-refractivity contribution in [2.75, 3.05) is 6.54 Å². The van der Waals surface area contributed by atoms with Crippen LogP contribution in [0, 0.1) is 0 Å². The van der Waals surface area contributed by atoms with E-state index in [0.717, 1.165) is 0 Å². The summed E-state index contributed by atoms with van der Waals surface area (Å²) in [5, 5.41) is 27.4. The largest absolute Gasteiger partial charge is 0.481 e. The van der Waals surface area contributed by atoms with Crippen molar-refractivity contribution in [3.63, 3.8) is 0 Å². The lowest BCUT2D eigenvalue weighted by molar-refractivity contribution is -0.155. The minimum absolute atomic E-state index is 0.0182. The lowest BCUT2D eigenvalue weighted by Crippen LogP contribution is -2.60. The van der Waals surface area contributed by atoms with Crippen molar-refractivity contribution < 1.29 is 34.6 Å². The molecule has 0 spiro atoms. The van der Waals surface area contributed by atoms with Crippen molar-refractivity contribution in [2.24, 2.45) is 11.5 Å². The van der Waals surface area contributed by atoms with E-state index in [2.05, 4.69) is 0 Å². The van der Waals surface area contributed by atoms with E-state index in [0.29, 0.717) is 24.4 Å². The van der Waals surface area contributed by atoms with Gasteiger partial charge < -0.3 is 26.9 Å². The molecule has 12 heteroatoms. The van der Waals surface area contributed by atoms with Crippen LogP contribution in [-0.2, 0) is 14.4 Å². The van der Waals surface area contributed by atoms with Gasteiger partial charge in [0.2, 0.25) is 0 Å². The van der Waals surface area contributed by atoms with Gasteiger partial charge in [0.25, 0.3) is 5.91 Å². The van der Waals surface area contributed by atoms with E-state index in [4.69, 9.17) is 21.8 Å². The molecule has 0 saturated heterocycles. The Morgan fingerprint density at radius 3 is 2.12 bits per heavy atom. The Morgan fingerprint density at radius 2 is 1.71 bits per heavy atom. The van der Waals surface area contributed by atoms with Crippen molar-refractivity contribution in [3.05, 3.63) is 0 Å². The van der Waals surface area contributed by atoms with Crippen LogP contribution in [0.15, 0.2) is 0 Å². The van der Waals surface area contributed by atoms with Crippen molar-refractivity contribution >= 4 is 23.9 Å². The number of aliphatic carboxylic acids is 2. The van der Waals surface area contributed by atoms with E-state index < -0.39 is 42.4 Å². The summed E-state index contributed by atoms with van der Waals surface area (Å²) >= 11 is 0. The molecular formula is C12H23N5O7. The van der Waals surface area contributed by atoms with Gasteiger partial charge in [-0.1, -0.05) is 0 Å². The number of nitrogens with two attached hydrogens (primary N) is 2. The number of primary amides is 1. The highest BCUT2D eigenvalue weighted by Crippen LogP contribution is 2.11. The number of hydrogen-bond donors (Lipinski definition) is 7. The van der Waals surface area contributed by atoms with Gasteiger partial charge in [-0.25, -0.2) is 20.0 Å². The molecule has 0 aromatic heterocycles. The Labute approximate surface area is 137 Å². The SMILES string of the molecule is NCCCC[C@@H](C(=O)O)N(NC(N)=O)C(=O)[C@H](CCC(=O)O)NO. The molecule has 24 heavy (non-hydrogen) atoms. The van der Waals surface area contributed by atoms with Crippen LogP contribution in [0.1, 0.15) is 32.1 Å². The third kappa shape index (κ3) is 7.71. The molecule has 12 nitrogen and oxygen atoms in total. The van der Waals surface area contributed by atoms with Crippen molar-refractivity contribution in [3.8, 4) is 0 Å². The van der Waals surface area contributed by atoms with Crippen molar-refractivity contribution in [1.82, 2.24) is 15.9 Å². The Balaban J connectivity index is 5.28. The molecule has 0 heterocycles. The molecular weight excluding hydrogens is 326 g/mol. The van der Waals surface area contributed by atoms with E-state index in [9.17, 15) is 24.3 Å². The van der Waals surface area contributed by atoms with Gasteiger partial charge in [-0.15, -0.1) is 0 Å². The molecule has 0 aromatic carbocycles. The first kappa shape index (κ1) is 21.6. The summed E-state index contributed by atoms with van der Waals surface area (Å²) in [6.45, 7) is 0.322. The second-order valence-electron chi connectivity index (χ2n) is 4.94. The number of urea groups is 1. The Kier molecular flexibility index (Phi) is 10.0. The number of carboxylic acid groups (broad SMARTS) is 2. The smallest absolute Gasteiger partial charge is 0.331 e. The number of nitrogens with zero attached hydrogens (tertiary/aromatic N) is 1. The molecule has 0 unspecified atom stereocenters. The summed E-state index contributed by atoms with van der Waals surface area (Å²) in [4.78, 5) is 45.4. The van der Waals surface area contributed by atoms with Crippen LogP contribution in [-0.4, -0.2) is 62.9 Å². The third-order valence-electron chi connectivity index (χ3n) is 3.10. The van der Waals surface area contributed by atoms with Gasteiger partial charge in [-0.2, -0.15) is 5.48 Å². The average Bonchev–Trinajstić information content (AvgIpc) is 2.49. The molecule has 0 aliphatic heterocycles. The van der Waals surface area contributed by atoms with Crippen LogP contribution in [0.5, 0.6) is 0 Å². The molecule has 0 radical (unpaired) electrons. The number of unbranched alkanes of at least 4 members (excludes halogenated alkanes) is 1. The monoisotopic (exact) mass is 349 g/mol. The van der Waals surface area contributed by atoms with Crippen LogP contribution in [0.4, 0.5) is 4.79 Å². The first-order valence-electron chi connectivity index (χ1n) is 7.18. The molecule has 3 amide bonds.